The molecule has 0 saturated carbocycles. The fourth-order valence-corrected chi connectivity index (χ4v) is 3.81. The SMILES string of the molecule is NC(=O)COC(=O)c1c2c(nc3ccccc13)/C(=C\c1ccc([N+](=O)[O-])cc1)CCC2. The highest BCUT2D eigenvalue weighted by molar-refractivity contribution is 6.07. The molecule has 8 heteroatoms. The van der Waals surface area contributed by atoms with Crippen LogP contribution in [-0.4, -0.2) is 28.4 Å². The Morgan fingerprint density at radius 2 is 1.87 bits per heavy atom. The Hall–Kier alpha value is -4.07. The van der Waals surface area contributed by atoms with Crippen LogP contribution >= 0.6 is 0 Å². The number of nitro groups is 1. The molecular formula is C23H19N3O5. The Labute approximate surface area is 177 Å². The number of primary amides is 1. The average Bonchev–Trinajstić information content (AvgIpc) is 2.76. The molecule has 2 N–H and O–H groups in total. The largest absolute Gasteiger partial charge is 0.452 e. The summed E-state index contributed by atoms with van der Waals surface area (Å²) in [6.07, 6.45) is 4.14. The Kier molecular flexibility index (Phi) is 5.44. The molecule has 0 aliphatic heterocycles. The number of esters is 1. The normalized spacial score (nSPS) is 14.3. The number of carbonyl (C=O) groups excluding carboxylic acids is 2. The van der Waals surface area contributed by atoms with Crippen molar-refractivity contribution in [2.24, 2.45) is 5.73 Å². The van der Waals surface area contributed by atoms with Gasteiger partial charge in [0, 0.05) is 17.5 Å². The molecule has 1 aliphatic carbocycles. The predicted molar refractivity (Wildman–Crippen MR) is 115 cm³/mol. The van der Waals surface area contributed by atoms with Crippen molar-refractivity contribution in [1.29, 1.82) is 0 Å². The van der Waals surface area contributed by atoms with E-state index in [-0.39, 0.29) is 5.69 Å². The number of non-ortho nitro benzene ring substituents is 1. The minimum absolute atomic E-state index is 0.0230. The highest BCUT2D eigenvalue weighted by atomic mass is 16.6. The molecule has 1 aliphatic rings. The molecule has 0 atom stereocenters. The Morgan fingerprint density at radius 1 is 1.13 bits per heavy atom. The molecule has 31 heavy (non-hydrogen) atoms. The van der Waals surface area contributed by atoms with E-state index in [4.69, 9.17) is 15.5 Å². The number of nitro benzene ring substituents is 1. The van der Waals surface area contributed by atoms with Gasteiger partial charge in [-0.15, -0.1) is 0 Å². The van der Waals surface area contributed by atoms with E-state index >= 15 is 0 Å². The van der Waals surface area contributed by atoms with Crippen LogP contribution in [0.15, 0.2) is 48.5 Å². The van der Waals surface area contributed by atoms with E-state index < -0.39 is 23.4 Å². The third kappa shape index (κ3) is 4.13. The first kappa shape index (κ1) is 20.2. The first-order chi connectivity index (χ1) is 14.9. The number of benzene rings is 2. The predicted octanol–water partition coefficient (Wildman–Crippen LogP) is 3.66. The van der Waals surface area contributed by atoms with Crippen LogP contribution in [0.1, 0.15) is 40.0 Å². The number of carbonyl (C=O) groups is 2. The molecule has 0 unspecified atom stereocenters. The second-order valence-corrected chi connectivity index (χ2v) is 7.25. The molecule has 0 radical (unpaired) electrons. The summed E-state index contributed by atoms with van der Waals surface area (Å²) >= 11 is 0. The van der Waals surface area contributed by atoms with Crippen LogP contribution in [0, 0.1) is 10.1 Å². The fraction of sp³-hybridized carbons (Fsp3) is 0.174. The number of aromatic nitrogens is 1. The van der Waals surface area contributed by atoms with Crippen molar-refractivity contribution in [3.63, 3.8) is 0 Å². The summed E-state index contributed by atoms with van der Waals surface area (Å²) in [5, 5.41) is 11.6. The van der Waals surface area contributed by atoms with E-state index in [9.17, 15) is 19.7 Å². The molecule has 1 heterocycles. The number of para-hydroxylation sites is 1. The lowest BCUT2D eigenvalue weighted by molar-refractivity contribution is -0.384. The van der Waals surface area contributed by atoms with E-state index in [0.29, 0.717) is 28.6 Å². The standard InChI is InChI=1S/C23H19N3O5/c24-20(27)13-31-23(28)21-17-5-1-2-7-19(17)25-22-15(4-3-6-18(21)22)12-14-8-10-16(11-9-14)26(29)30/h1-2,5,7-12H,3-4,6,13H2,(H2,24,27)/b15-12-. The molecule has 8 nitrogen and oxygen atoms in total. The topological polar surface area (TPSA) is 125 Å². The Bertz CT molecular complexity index is 1230. The smallest absolute Gasteiger partial charge is 0.339 e. The van der Waals surface area contributed by atoms with Crippen molar-refractivity contribution in [2.75, 3.05) is 6.61 Å². The number of ether oxygens (including phenoxy) is 1. The fourth-order valence-electron chi connectivity index (χ4n) is 3.81. The van der Waals surface area contributed by atoms with Gasteiger partial charge in [-0.05, 0) is 60.2 Å². The zero-order chi connectivity index (χ0) is 22.0. The van der Waals surface area contributed by atoms with Gasteiger partial charge in [-0.3, -0.25) is 14.9 Å². The highest BCUT2D eigenvalue weighted by Crippen LogP contribution is 2.36. The maximum atomic E-state index is 12.9. The average molecular weight is 417 g/mol. The number of nitrogens with two attached hydrogens (primary N) is 1. The lowest BCUT2D eigenvalue weighted by Gasteiger charge is -2.22. The van der Waals surface area contributed by atoms with E-state index in [1.54, 1.807) is 18.2 Å². The number of hydrogen-bond acceptors (Lipinski definition) is 6. The van der Waals surface area contributed by atoms with Crippen LogP contribution in [0.4, 0.5) is 5.69 Å². The van der Waals surface area contributed by atoms with E-state index in [1.165, 1.54) is 12.1 Å². The molecule has 0 saturated heterocycles. The van der Waals surface area contributed by atoms with Crippen LogP contribution < -0.4 is 5.73 Å². The van der Waals surface area contributed by atoms with Gasteiger partial charge in [-0.2, -0.15) is 0 Å². The molecule has 3 aromatic rings. The third-order valence-corrected chi connectivity index (χ3v) is 5.16. The second-order valence-electron chi connectivity index (χ2n) is 7.25. The summed E-state index contributed by atoms with van der Waals surface area (Å²) in [7, 11) is 0. The summed E-state index contributed by atoms with van der Waals surface area (Å²) in [4.78, 5) is 39.2. The number of hydrogen-bond donors (Lipinski definition) is 1. The van der Waals surface area contributed by atoms with Crippen LogP contribution in [0.2, 0.25) is 0 Å². The monoisotopic (exact) mass is 417 g/mol. The molecule has 0 spiro atoms. The number of fused-ring (bicyclic) bond motifs is 2. The van der Waals surface area contributed by atoms with Gasteiger partial charge in [-0.1, -0.05) is 18.2 Å². The van der Waals surface area contributed by atoms with Crippen LogP contribution in [0.25, 0.3) is 22.6 Å². The summed E-state index contributed by atoms with van der Waals surface area (Å²) in [6.45, 7) is -0.490. The summed E-state index contributed by atoms with van der Waals surface area (Å²) in [5.41, 5.74) is 9.41. The summed E-state index contributed by atoms with van der Waals surface area (Å²) in [5.74, 6) is -1.33. The Morgan fingerprint density at radius 3 is 2.58 bits per heavy atom. The van der Waals surface area contributed by atoms with Crippen molar-refractivity contribution >= 4 is 40.1 Å². The first-order valence-electron chi connectivity index (χ1n) is 9.76. The lowest BCUT2D eigenvalue weighted by atomic mass is 9.86. The van der Waals surface area contributed by atoms with E-state index in [0.717, 1.165) is 29.5 Å². The van der Waals surface area contributed by atoms with Crippen LogP contribution in [-0.2, 0) is 16.0 Å². The van der Waals surface area contributed by atoms with Crippen molar-refractivity contribution in [3.8, 4) is 0 Å². The van der Waals surface area contributed by atoms with Gasteiger partial charge in [0.05, 0.1) is 21.7 Å². The van der Waals surface area contributed by atoms with E-state index in [2.05, 4.69) is 0 Å². The quantitative estimate of drug-likeness (QED) is 0.384. The molecule has 4 rings (SSSR count). The van der Waals surface area contributed by atoms with Crippen LogP contribution in [0.5, 0.6) is 0 Å². The number of pyridine rings is 1. The first-order valence-corrected chi connectivity index (χ1v) is 9.76. The van der Waals surface area contributed by atoms with Crippen molar-refractivity contribution in [3.05, 3.63) is 81.0 Å². The van der Waals surface area contributed by atoms with Gasteiger partial charge in [0.15, 0.2) is 6.61 Å². The van der Waals surface area contributed by atoms with E-state index in [1.807, 2.05) is 24.3 Å². The zero-order valence-electron chi connectivity index (χ0n) is 16.5. The number of rotatable bonds is 5. The number of nitrogens with zero attached hydrogens (tertiary/aromatic N) is 2. The maximum Gasteiger partial charge on any atom is 0.339 e. The molecule has 2 aromatic carbocycles. The van der Waals surface area contributed by atoms with Gasteiger partial charge in [0.2, 0.25) is 0 Å². The minimum Gasteiger partial charge on any atom is -0.452 e. The van der Waals surface area contributed by atoms with Crippen molar-refractivity contribution < 1.29 is 19.2 Å². The lowest BCUT2D eigenvalue weighted by Crippen LogP contribution is -2.22. The minimum atomic E-state index is -0.723. The summed E-state index contributed by atoms with van der Waals surface area (Å²) in [6, 6.07) is 13.6. The molecule has 156 valence electrons. The molecular weight excluding hydrogens is 398 g/mol. The van der Waals surface area contributed by atoms with Crippen molar-refractivity contribution in [2.45, 2.75) is 19.3 Å². The third-order valence-electron chi connectivity index (χ3n) is 5.16. The molecule has 1 amide bonds. The van der Waals surface area contributed by atoms with Crippen molar-refractivity contribution in [1.82, 2.24) is 4.98 Å². The number of allylic oxidation sites excluding steroid dienone is 1. The summed E-state index contributed by atoms with van der Waals surface area (Å²) < 4.78 is 5.13. The van der Waals surface area contributed by atoms with Gasteiger partial charge in [-0.25, -0.2) is 9.78 Å². The van der Waals surface area contributed by atoms with Crippen LogP contribution in [0.3, 0.4) is 0 Å². The van der Waals surface area contributed by atoms with Gasteiger partial charge in [0.1, 0.15) is 0 Å². The van der Waals surface area contributed by atoms with Gasteiger partial charge < -0.3 is 10.5 Å². The molecule has 1 aromatic heterocycles. The Balaban J connectivity index is 1.83. The second kappa shape index (κ2) is 8.35. The number of amides is 1. The zero-order valence-corrected chi connectivity index (χ0v) is 16.5. The van der Waals surface area contributed by atoms with Gasteiger partial charge in [0.25, 0.3) is 11.6 Å². The molecule has 0 fully saturated rings. The molecule has 0 bridgehead atoms. The maximum absolute atomic E-state index is 12.9. The van der Waals surface area contributed by atoms with Gasteiger partial charge >= 0.3 is 5.97 Å². The highest BCUT2D eigenvalue weighted by Gasteiger charge is 2.26.